The van der Waals surface area contributed by atoms with Crippen molar-refractivity contribution in [3.05, 3.63) is 11.9 Å². The lowest BCUT2D eigenvalue weighted by Crippen LogP contribution is -2.37. The minimum atomic E-state index is 0.655. The summed E-state index contributed by atoms with van der Waals surface area (Å²) in [6.45, 7) is 14.0. The average molecular weight is 277 g/mol. The molecule has 0 saturated carbocycles. The van der Waals surface area contributed by atoms with Crippen molar-refractivity contribution in [3.8, 4) is 0 Å². The number of hydrogen-bond donors (Lipinski definition) is 1. The Bertz CT molecular complexity index is 430. The molecule has 0 amide bonds. The molecule has 5 nitrogen and oxygen atoms in total. The first-order valence-corrected chi connectivity index (χ1v) is 7.75. The summed E-state index contributed by atoms with van der Waals surface area (Å²) in [7, 11) is 0. The molecule has 1 fully saturated rings. The highest BCUT2D eigenvalue weighted by Crippen LogP contribution is 2.26. The Morgan fingerprint density at radius 1 is 1.30 bits per heavy atom. The zero-order valence-corrected chi connectivity index (χ0v) is 13.2. The highest BCUT2D eigenvalue weighted by atomic mass is 15.3. The molecular formula is C15H27N5. The maximum absolute atomic E-state index is 4.50. The van der Waals surface area contributed by atoms with E-state index in [2.05, 4.69) is 52.8 Å². The van der Waals surface area contributed by atoms with Gasteiger partial charge in [0.05, 0.1) is 0 Å². The van der Waals surface area contributed by atoms with Gasteiger partial charge >= 0.3 is 0 Å². The van der Waals surface area contributed by atoms with Gasteiger partial charge in [0.2, 0.25) is 0 Å². The van der Waals surface area contributed by atoms with Crippen LogP contribution in [-0.2, 0) is 0 Å². The summed E-state index contributed by atoms with van der Waals surface area (Å²) in [5.41, 5.74) is 1.16. The molecule has 2 rings (SSSR count). The number of aromatic nitrogens is 2. The summed E-state index contributed by atoms with van der Waals surface area (Å²) in [6.07, 6.45) is 2.90. The Hall–Kier alpha value is -1.36. The van der Waals surface area contributed by atoms with Crippen LogP contribution in [-0.4, -0.2) is 53.6 Å². The van der Waals surface area contributed by atoms with Crippen molar-refractivity contribution in [2.24, 2.45) is 0 Å². The molecule has 2 heterocycles. The van der Waals surface area contributed by atoms with Crippen LogP contribution in [0.3, 0.4) is 0 Å². The molecule has 1 aromatic rings. The first-order chi connectivity index (χ1) is 9.71. The van der Waals surface area contributed by atoms with Crippen molar-refractivity contribution in [3.63, 3.8) is 0 Å². The molecule has 1 atom stereocenters. The van der Waals surface area contributed by atoms with Crippen LogP contribution in [0.4, 0.5) is 11.6 Å². The molecule has 1 N–H and O–H groups in total. The third-order valence-corrected chi connectivity index (χ3v) is 4.19. The molecule has 0 aliphatic carbocycles. The van der Waals surface area contributed by atoms with Crippen LogP contribution >= 0.6 is 0 Å². The molecule has 1 aliphatic heterocycles. The topological polar surface area (TPSA) is 44.3 Å². The first-order valence-electron chi connectivity index (χ1n) is 7.75. The Labute approximate surface area is 122 Å². The molecule has 0 aromatic carbocycles. The van der Waals surface area contributed by atoms with E-state index in [4.69, 9.17) is 0 Å². The van der Waals surface area contributed by atoms with Crippen molar-refractivity contribution < 1.29 is 0 Å². The smallest absolute Gasteiger partial charge is 0.137 e. The molecule has 0 radical (unpaired) electrons. The van der Waals surface area contributed by atoms with Crippen molar-refractivity contribution in [2.75, 3.05) is 42.9 Å². The Balaban J connectivity index is 2.12. The van der Waals surface area contributed by atoms with Gasteiger partial charge in [0, 0.05) is 31.2 Å². The number of rotatable bonds is 6. The zero-order valence-electron chi connectivity index (χ0n) is 13.2. The lowest BCUT2D eigenvalue weighted by atomic mass is 10.2. The summed E-state index contributed by atoms with van der Waals surface area (Å²) in [5.74, 6) is 2.05. The van der Waals surface area contributed by atoms with Gasteiger partial charge < -0.3 is 10.2 Å². The second-order valence-electron chi connectivity index (χ2n) is 5.31. The van der Waals surface area contributed by atoms with Crippen LogP contribution in [0.2, 0.25) is 0 Å². The van der Waals surface area contributed by atoms with E-state index in [0.717, 1.165) is 49.9 Å². The number of nitrogens with one attached hydrogen (secondary N) is 1. The predicted molar refractivity (Wildman–Crippen MR) is 84.5 cm³/mol. The Morgan fingerprint density at radius 2 is 2.05 bits per heavy atom. The third kappa shape index (κ3) is 3.03. The number of anilines is 2. The van der Waals surface area contributed by atoms with E-state index in [-0.39, 0.29) is 0 Å². The maximum Gasteiger partial charge on any atom is 0.137 e. The normalized spacial score (nSPS) is 18.9. The highest BCUT2D eigenvalue weighted by Gasteiger charge is 2.28. The lowest BCUT2D eigenvalue weighted by molar-refractivity contribution is 0.232. The molecule has 1 aliphatic rings. The fourth-order valence-corrected chi connectivity index (χ4v) is 3.08. The van der Waals surface area contributed by atoms with E-state index in [0.29, 0.717) is 6.04 Å². The van der Waals surface area contributed by atoms with Crippen molar-refractivity contribution in [1.82, 2.24) is 14.9 Å². The van der Waals surface area contributed by atoms with Gasteiger partial charge in [0.25, 0.3) is 0 Å². The second kappa shape index (κ2) is 6.88. The minimum absolute atomic E-state index is 0.655. The van der Waals surface area contributed by atoms with Gasteiger partial charge in [-0.3, -0.25) is 4.90 Å². The van der Waals surface area contributed by atoms with Crippen LogP contribution in [0.5, 0.6) is 0 Å². The molecule has 1 aromatic heterocycles. The van der Waals surface area contributed by atoms with Crippen LogP contribution in [0, 0.1) is 6.92 Å². The van der Waals surface area contributed by atoms with Gasteiger partial charge in [-0.2, -0.15) is 0 Å². The fraction of sp³-hybridized carbons (Fsp3) is 0.733. The van der Waals surface area contributed by atoms with E-state index < -0.39 is 0 Å². The number of nitrogens with zero attached hydrogens (tertiary/aromatic N) is 4. The van der Waals surface area contributed by atoms with E-state index in [1.807, 2.05) is 0 Å². The molecule has 0 spiro atoms. The van der Waals surface area contributed by atoms with E-state index in [1.165, 1.54) is 6.42 Å². The highest BCUT2D eigenvalue weighted by molar-refractivity contribution is 5.58. The first kappa shape index (κ1) is 15.0. The lowest BCUT2D eigenvalue weighted by Gasteiger charge is -2.27. The second-order valence-corrected chi connectivity index (χ2v) is 5.31. The summed E-state index contributed by atoms with van der Waals surface area (Å²) in [6, 6.07) is 0.655. The minimum Gasteiger partial charge on any atom is -0.370 e. The number of likely N-dealkylation sites (N-methyl/N-ethyl adjacent to an activating group) is 1. The molecule has 1 unspecified atom stereocenters. The van der Waals surface area contributed by atoms with Crippen LogP contribution in [0.15, 0.2) is 6.33 Å². The Morgan fingerprint density at radius 3 is 2.70 bits per heavy atom. The summed E-state index contributed by atoms with van der Waals surface area (Å²) in [4.78, 5) is 13.8. The molecule has 0 bridgehead atoms. The van der Waals surface area contributed by atoms with Gasteiger partial charge in [-0.15, -0.1) is 0 Å². The SMILES string of the molecule is CCNc1ncnc(N2CCC(N(CC)CC)C2)c1C. The van der Waals surface area contributed by atoms with Crippen LogP contribution < -0.4 is 10.2 Å². The molecular weight excluding hydrogens is 250 g/mol. The predicted octanol–water partition coefficient (Wildman–Crippen LogP) is 2.14. The van der Waals surface area contributed by atoms with Crippen LogP contribution in [0.1, 0.15) is 32.8 Å². The third-order valence-electron chi connectivity index (χ3n) is 4.19. The molecule has 1 saturated heterocycles. The van der Waals surface area contributed by atoms with Crippen molar-refractivity contribution in [2.45, 2.75) is 40.2 Å². The Kier molecular flexibility index (Phi) is 5.17. The van der Waals surface area contributed by atoms with Crippen molar-refractivity contribution >= 4 is 11.6 Å². The van der Waals surface area contributed by atoms with Gasteiger partial charge in [0.15, 0.2) is 0 Å². The van der Waals surface area contributed by atoms with E-state index in [1.54, 1.807) is 6.33 Å². The van der Waals surface area contributed by atoms with Gasteiger partial charge in [0.1, 0.15) is 18.0 Å². The molecule has 20 heavy (non-hydrogen) atoms. The number of hydrogen-bond acceptors (Lipinski definition) is 5. The summed E-state index contributed by atoms with van der Waals surface area (Å²) >= 11 is 0. The molecule has 112 valence electrons. The monoisotopic (exact) mass is 277 g/mol. The van der Waals surface area contributed by atoms with Gasteiger partial charge in [-0.1, -0.05) is 13.8 Å². The standard InChI is InChI=1S/C15H27N5/c1-5-16-14-12(4)15(18-11-17-14)20-9-8-13(10-20)19(6-2)7-3/h11,13H,5-10H2,1-4H3,(H,16,17,18). The summed E-state index contributed by atoms with van der Waals surface area (Å²) in [5, 5.41) is 3.31. The van der Waals surface area contributed by atoms with Crippen LogP contribution in [0.25, 0.3) is 0 Å². The van der Waals surface area contributed by atoms with E-state index >= 15 is 0 Å². The fourth-order valence-electron chi connectivity index (χ4n) is 3.08. The largest absolute Gasteiger partial charge is 0.370 e. The summed E-state index contributed by atoms with van der Waals surface area (Å²) < 4.78 is 0. The quantitative estimate of drug-likeness (QED) is 0.863. The van der Waals surface area contributed by atoms with E-state index in [9.17, 15) is 0 Å². The van der Waals surface area contributed by atoms with Gasteiger partial charge in [-0.05, 0) is 33.4 Å². The van der Waals surface area contributed by atoms with Crippen molar-refractivity contribution in [1.29, 1.82) is 0 Å². The van der Waals surface area contributed by atoms with Gasteiger partial charge in [-0.25, -0.2) is 9.97 Å². The zero-order chi connectivity index (χ0) is 14.5. The molecule has 5 heteroatoms. The average Bonchev–Trinajstić information content (AvgIpc) is 2.92. The maximum atomic E-state index is 4.50.